The summed E-state index contributed by atoms with van der Waals surface area (Å²) in [4.78, 5) is 16.5. The third-order valence-electron chi connectivity index (χ3n) is 5.14. The van der Waals surface area contributed by atoms with Crippen LogP contribution in [0, 0.1) is 0 Å². The van der Waals surface area contributed by atoms with Gasteiger partial charge < -0.3 is 15.4 Å². The van der Waals surface area contributed by atoms with Crippen LogP contribution in [-0.4, -0.2) is 65.3 Å². The highest BCUT2D eigenvalue weighted by Gasteiger charge is 2.34. The molecule has 11 heteroatoms. The Hall–Kier alpha value is -2.30. The first-order valence-electron chi connectivity index (χ1n) is 9.39. The number of likely N-dealkylation sites (tertiary alicyclic amines) is 1. The van der Waals surface area contributed by atoms with Crippen LogP contribution in [0.5, 0.6) is 0 Å². The molecule has 3 rings (SSSR count). The van der Waals surface area contributed by atoms with E-state index in [0.29, 0.717) is 28.9 Å². The predicted octanol–water partition coefficient (Wildman–Crippen LogP) is 3.03. The Balaban J connectivity index is 1.79. The number of amides is 1. The Bertz CT molecular complexity index is 869. The number of H-pyrrole nitrogens is 1. The molecule has 0 saturated carbocycles. The van der Waals surface area contributed by atoms with Gasteiger partial charge in [-0.3, -0.25) is 14.8 Å². The first kappa shape index (κ1) is 22.4. The maximum absolute atomic E-state index is 13.0. The molecule has 2 aromatic rings. The van der Waals surface area contributed by atoms with Gasteiger partial charge in [-0.1, -0.05) is 17.7 Å². The maximum atomic E-state index is 13.0. The Morgan fingerprint density at radius 1 is 1.47 bits per heavy atom. The fraction of sp³-hybridized carbons (Fsp3) is 0.474. The quantitative estimate of drug-likeness (QED) is 0.640. The fourth-order valence-electron chi connectivity index (χ4n) is 3.38. The topological polar surface area (TPSA) is 87.5 Å². The Kier molecular flexibility index (Phi) is 6.89. The number of carbonyl (C=O) groups is 1. The smallest absolute Gasteiger partial charge is 0.398 e. The Morgan fingerprint density at radius 3 is 2.83 bits per heavy atom. The summed E-state index contributed by atoms with van der Waals surface area (Å²) in [7, 11) is 1.65. The number of methoxy groups -OCH3 is 1. The molecule has 2 heterocycles. The molecular formula is C19H23ClF3N5O2. The van der Waals surface area contributed by atoms with Gasteiger partial charge in [0.1, 0.15) is 5.69 Å². The molecule has 1 aliphatic heterocycles. The third kappa shape index (κ3) is 5.24. The van der Waals surface area contributed by atoms with Crippen molar-refractivity contribution >= 4 is 23.2 Å². The minimum atomic E-state index is -4.62. The molecule has 1 aromatic heterocycles. The van der Waals surface area contributed by atoms with Gasteiger partial charge >= 0.3 is 6.18 Å². The standard InChI is InChI=1S/C19H23ClF3N5O2/c1-30-12-5-6-27(10-12)7-8-28(11-13-14(20)3-2-4-15(13)24)18(29)16-9-17(26-25-16)19(21,22)23/h2-4,9,12H,5-8,10-11,24H2,1H3,(H,25,26). The largest absolute Gasteiger partial charge is 0.432 e. The fourth-order valence-corrected chi connectivity index (χ4v) is 3.62. The summed E-state index contributed by atoms with van der Waals surface area (Å²) in [6.07, 6.45) is -3.60. The highest BCUT2D eigenvalue weighted by molar-refractivity contribution is 6.31. The van der Waals surface area contributed by atoms with Crippen molar-refractivity contribution in [3.63, 3.8) is 0 Å². The Morgan fingerprint density at radius 2 is 2.23 bits per heavy atom. The van der Waals surface area contributed by atoms with Gasteiger partial charge in [0.05, 0.1) is 6.10 Å². The first-order chi connectivity index (χ1) is 14.2. The molecule has 0 spiro atoms. The van der Waals surface area contributed by atoms with Gasteiger partial charge in [-0.2, -0.15) is 18.3 Å². The number of anilines is 1. The lowest BCUT2D eigenvalue weighted by molar-refractivity contribution is -0.141. The average molecular weight is 446 g/mol. The number of hydrogen-bond acceptors (Lipinski definition) is 5. The van der Waals surface area contributed by atoms with E-state index in [-0.39, 0.29) is 24.9 Å². The van der Waals surface area contributed by atoms with Crippen LogP contribution in [0.25, 0.3) is 0 Å². The van der Waals surface area contributed by atoms with Gasteiger partial charge in [-0.05, 0) is 18.6 Å². The summed E-state index contributed by atoms with van der Waals surface area (Å²) in [5.74, 6) is -0.636. The number of ether oxygens (including phenoxy) is 1. The number of nitrogens with one attached hydrogen (secondary N) is 1. The first-order valence-corrected chi connectivity index (χ1v) is 9.76. The van der Waals surface area contributed by atoms with Crippen molar-refractivity contribution in [3.05, 3.63) is 46.2 Å². The lowest BCUT2D eigenvalue weighted by Gasteiger charge is -2.26. The summed E-state index contributed by atoms with van der Waals surface area (Å²) >= 11 is 6.24. The van der Waals surface area contributed by atoms with Crippen LogP contribution in [0.2, 0.25) is 5.02 Å². The van der Waals surface area contributed by atoms with E-state index in [9.17, 15) is 18.0 Å². The van der Waals surface area contributed by atoms with Gasteiger partial charge in [0, 0.05) is 62.2 Å². The van der Waals surface area contributed by atoms with Gasteiger partial charge in [-0.15, -0.1) is 0 Å². The highest BCUT2D eigenvalue weighted by Crippen LogP contribution is 2.29. The molecule has 0 bridgehead atoms. The molecule has 30 heavy (non-hydrogen) atoms. The van der Waals surface area contributed by atoms with Crippen molar-refractivity contribution in [2.45, 2.75) is 25.2 Å². The van der Waals surface area contributed by atoms with Crippen LogP contribution in [0.3, 0.4) is 0 Å². The van der Waals surface area contributed by atoms with E-state index in [2.05, 4.69) is 10.00 Å². The summed E-state index contributed by atoms with van der Waals surface area (Å²) < 4.78 is 44.0. The second kappa shape index (κ2) is 9.23. The normalized spacial score (nSPS) is 17.4. The van der Waals surface area contributed by atoms with Crippen LogP contribution in [0.15, 0.2) is 24.3 Å². The van der Waals surface area contributed by atoms with E-state index in [1.807, 2.05) is 5.10 Å². The van der Waals surface area contributed by atoms with Crippen molar-refractivity contribution in [2.75, 3.05) is 39.0 Å². The molecule has 1 atom stereocenters. The van der Waals surface area contributed by atoms with E-state index in [4.69, 9.17) is 22.1 Å². The van der Waals surface area contributed by atoms with E-state index < -0.39 is 17.8 Å². The molecule has 3 N–H and O–H groups in total. The number of aromatic nitrogens is 2. The number of benzene rings is 1. The maximum Gasteiger partial charge on any atom is 0.432 e. The van der Waals surface area contributed by atoms with Crippen molar-refractivity contribution in [2.24, 2.45) is 0 Å². The number of nitrogen functional groups attached to an aromatic ring is 1. The van der Waals surface area contributed by atoms with E-state index in [1.54, 1.807) is 25.3 Å². The molecule has 1 amide bonds. The van der Waals surface area contributed by atoms with Gasteiger partial charge in [0.2, 0.25) is 0 Å². The van der Waals surface area contributed by atoms with Crippen LogP contribution < -0.4 is 5.73 Å². The SMILES string of the molecule is COC1CCN(CCN(Cc2c(N)cccc2Cl)C(=O)c2cc(C(F)(F)F)[nH]n2)C1. The van der Waals surface area contributed by atoms with E-state index >= 15 is 0 Å². The zero-order valence-corrected chi connectivity index (χ0v) is 17.1. The molecule has 7 nitrogen and oxygen atoms in total. The number of alkyl halides is 3. The number of hydrogen-bond donors (Lipinski definition) is 2. The van der Waals surface area contributed by atoms with Crippen LogP contribution in [0.1, 0.15) is 28.2 Å². The Labute approximate surface area is 176 Å². The van der Waals surface area contributed by atoms with Crippen LogP contribution in [0.4, 0.5) is 18.9 Å². The zero-order chi connectivity index (χ0) is 21.9. The molecular weight excluding hydrogens is 423 g/mol. The molecule has 164 valence electrons. The summed E-state index contributed by atoms with van der Waals surface area (Å²) in [6, 6.07) is 5.70. The number of rotatable bonds is 7. The van der Waals surface area contributed by atoms with E-state index in [1.165, 1.54) is 4.90 Å². The minimum absolute atomic E-state index is 0.0557. The zero-order valence-electron chi connectivity index (χ0n) is 16.4. The molecule has 0 radical (unpaired) electrons. The minimum Gasteiger partial charge on any atom is -0.398 e. The van der Waals surface area contributed by atoms with Crippen molar-refractivity contribution in [3.8, 4) is 0 Å². The lowest BCUT2D eigenvalue weighted by atomic mass is 10.1. The second-order valence-electron chi connectivity index (χ2n) is 7.15. The molecule has 1 aliphatic rings. The number of aromatic amines is 1. The van der Waals surface area contributed by atoms with Gasteiger partial charge in [0.25, 0.3) is 5.91 Å². The molecule has 1 unspecified atom stereocenters. The third-order valence-corrected chi connectivity index (χ3v) is 5.50. The summed E-state index contributed by atoms with van der Waals surface area (Å²) in [5, 5.41) is 5.82. The van der Waals surface area contributed by atoms with Crippen molar-refractivity contribution in [1.82, 2.24) is 20.0 Å². The summed E-state index contributed by atoms with van der Waals surface area (Å²) in [6.45, 7) is 2.41. The number of nitrogens with zero attached hydrogens (tertiary/aromatic N) is 3. The molecule has 1 saturated heterocycles. The number of halogens is 4. The van der Waals surface area contributed by atoms with Gasteiger partial charge in [0.15, 0.2) is 5.69 Å². The predicted molar refractivity (Wildman–Crippen MR) is 106 cm³/mol. The van der Waals surface area contributed by atoms with Crippen LogP contribution >= 0.6 is 11.6 Å². The average Bonchev–Trinajstić information content (AvgIpc) is 3.36. The number of nitrogens with two attached hydrogens (primary N) is 1. The summed E-state index contributed by atoms with van der Waals surface area (Å²) in [5.41, 5.74) is 5.55. The molecule has 1 aromatic carbocycles. The van der Waals surface area contributed by atoms with E-state index in [0.717, 1.165) is 19.5 Å². The number of carbonyl (C=O) groups excluding carboxylic acids is 1. The lowest BCUT2D eigenvalue weighted by Crippen LogP contribution is -2.38. The monoisotopic (exact) mass is 445 g/mol. The molecule has 1 fully saturated rings. The van der Waals surface area contributed by atoms with Crippen molar-refractivity contribution in [1.29, 1.82) is 0 Å². The molecule has 0 aliphatic carbocycles. The highest BCUT2D eigenvalue weighted by atomic mass is 35.5. The van der Waals surface area contributed by atoms with Crippen molar-refractivity contribution < 1.29 is 22.7 Å². The van der Waals surface area contributed by atoms with Gasteiger partial charge in [-0.25, -0.2) is 0 Å². The van der Waals surface area contributed by atoms with Crippen LogP contribution in [-0.2, 0) is 17.5 Å². The second-order valence-corrected chi connectivity index (χ2v) is 7.55.